The Morgan fingerprint density at radius 3 is 2.53 bits per heavy atom. The highest BCUT2D eigenvalue weighted by molar-refractivity contribution is 6.30. The normalized spacial score (nSPS) is 17.9. The number of alkyl halides is 2. The van der Waals surface area contributed by atoms with Crippen LogP contribution in [0.1, 0.15) is 36.0 Å². The number of likely N-dealkylation sites (tertiary alicyclic amines) is 1. The lowest BCUT2D eigenvalue weighted by atomic mass is 9.62. The van der Waals surface area contributed by atoms with Gasteiger partial charge in [-0.2, -0.15) is 5.10 Å². The molecule has 1 saturated carbocycles. The highest BCUT2D eigenvalue weighted by Crippen LogP contribution is 2.46. The Bertz CT molecular complexity index is 1210. The second-order valence-corrected chi connectivity index (χ2v) is 9.28. The first-order valence-corrected chi connectivity index (χ1v) is 11.1. The summed E-state index contributed by atoms with van der Waals surface area (Å²) in [4.78, 5) is 26.4. The van der Waals surface area contributed by atoms with Crippen molar-refractivity contribution in [3.63, 3.8) is 0 Å². The highest BCUT2D eigenvalue weighted by Gasteiger charge is 2.45. The number of hydrogen-bond acceptors (Lipinski definition) is 3. The fourth-order valence-electron chi connectivity index (χ4n) is 4.94. The van der Waals surface area contributed by atoms with Crippen LogP contribution in [-0.2, 0) is 11.3 Å². The summed E-state index contributed by atoms with van der Waals surface area (Å²) in [6.45, 7) is 0.711. The number of benzene rings is 2. The van der Waals surface area contributed by atoms with Crippen molar-refractivity contribution in [2.24, 2.45) is 5.41 Å². The van der Waals surface area contributed by atoms with E-state index in [1.807, 2.05) is 11.0 Å². The van der Waals surface area contributed by atoms with Gasteiger partial charge in [0.2, 0.25) is 0 Å². The van der Waals surface area contributed by atoms with Gasteiger partial charge in [0, 0.05) is 47.5 Å². The summed E-state index contributed by atoms with van der Waals surface area (Å²) >= 11 is 6.13. The minimum Gasteiger partial charge on any atom is -0.339 e. The lowest BCUT2D eigenvalue weighted by molar-refractivity contribution is -0.135. The third-order valence-corrected chi connectivity index (χ3v) is 6.90. The van der Waals surface area contributed by atoms with Crippen molar-refractivity contribution in [2.45, 2.75) is 38.7 Å². The zero-order chi connectivity index (χ0) is 22.5. The first kappa shape index (κ1) is 21.1. The third kappa shape index (κ3) is 3.79. The van der Waals surface area contributed by atoms with Gasteiger partial charge in [-0.05, 0) is 48.6 Å². The summed E-state index contributed by atoms with van der Waals surface area (Å²) in [6, 6.07) is 12.2. The quantitative estimate of drug-likeness (QED) is 0.540. The van der Waals surface area contributed by atoms with E-state index in [0.717, 1.165) is 12.8 Å². The van der Waals surface area contributed by atoms with Crippen LogP contribution in [-0.4, -0.2) is 45.9 Å². The maximum atomic E-state index is 13.2. The van der Waals surface area contributed by atoms with Crippen molar-refractivity contribution >= 4 is 34.2 Å². The fraction of sp³-hybridized carbons (Fsp3) is 0.375. The van der Waals surface area contributed by atoms with E-state index in [0.29, 0.717) is 64.5 Å². The zero-order valence-electron chi connectivity index (χ0n) is 17.4. The molecule has 166 valence electrons. The predicted molar refractivity (Wildman–Crippen MR) is 118 cm³/mol. The molecule has 1 aliphatic heterocycles. The third-order valence-electron chi connectivity index (χ3n) is 6.66. The van der Waals surface area contributed by atoms with Gasteiger partial charge in [0.25, 0.3) is 12.3 Å². The topological polar surface area (TPSA) is 55.2 Å². The maximum Gasteiger partial charge on any atom is 0.257 e. The summed E-state index contributed by atoms with van der Waals surface area (Å²) in [6.07, 6.45) is 0.394. The summed E-state index contributed by atoms with van der Waals surface area (Å²) in [5.74, 6) is 0.218. The summed E-state index contributed by atoms with van der Waals surface area (Å²) in [5, 5.41) is 5.57. The Kier molecular flexibility index (Phi) is 5.24. The molecule has 2 heterocycles. The molecule has 1 amide bonds. The Balaban J connectivity index is 1.47. The number of fused-ring (bicyclic) bond motifs is 1. The van der Waals surface area contributed by atoms with Crippen molar-refractivity contribution in [3.8, 4) is 11.3 Å². The van der Waals surface area contributed by atoms with E-state index in [1.165, 1.54) is 4.68 Å². The number of carbonyl (C=O) groups is 2. The van der Waals surface area contributed by atoms with Crippen molar-refractivity contribution in [1.82, 2.24) is 14.7 Å². The monoisotopic (exact) mass is 457 g/mol. The van der Waals surface area contributed by atoms with Crippen molar-refractivity contribution in [3.05, 3.63) is 53.1 Å². The Labute approximate surface area is 188 Å². The van der Waals surface area contributed by atoms with Gasteiger partial charge in [-0.25, -0.2) is 8.78 Å². The molecule has 2 fully saturated rings. The van der Waals surface area contributed by atoms with Crippen LogP contribution in [0.4, 0.5) is 8.78 Å². The van der Waals surface area contributed by atoms with Crippen LogP contribution in [0.15, 0.2) is 42.5 Å². The highest BCUT2D eigenvalue weighted by atomic mass is 35.5. The lowest BCUT2D eigenvalue weighted by Crippen LogP contribution is -2.49. The van der Waals surface area contributed by atoms with Gasteiger partial charge < -0.3 is 4.90 Å². The Morgan fingerprint density at radius 2 is 1.88 bits per heavy atom. The number of rotatable bonds is 4. The zero-order valence-corrected chi connectivity index (χ0v) is 18.1. The number of carbonyl (C=O) groups excluding carboxylic acids is 2. The lowest BCUT2D eigenvalue weighted by Gasteiger charge is -2.46. The average Bonchev–Trinajstić information content (AvgIpc) is 3.10. The van der Waals surface area contributed by atoms with E-state index < -0.39 is 13.0 Å². The number of piperidine rings is 1. The number of halogens is 3. The number of ketones is 1. The van der Waals surface area contributed by atoms with E-state index in [4.69, 9.17) is 11.6 Å². The molecule has 3 aromatic rings. The number of amides is 1. The number of Topliss-reactive ketones (excluding diaryl/α,β-unsaturated/α-hetero) is 1. The van der Waals surface area contributed by atoms with E-state index in [1.54, 1.807) is 36.4 Å². The first-order chi connectivity index (χ1) is 15.3. The molecule has 0 radical (unpaired) electrons. The molecule has 0 atom stereocenters. The predicted octanol–water partition coefficient (Wildman–Crippen LogP) is 5.21. The minimum atomic E-state index is -2.55. The van der Waals surface area contributed by atoms with Gasteiger partial charge in [-0.15, -0.1) is 0 Å². The van der Waals surface area contributed by atoms with Crippen LogP contribution >= 0.6 is 11.6 Å². The second-order valence-electron chi connectivity index (χ2n) is 8.85. The molecule has 1 aromatic heterocycles. The average molecular weight is 458 g/mol. The van der Waals surface area contributed by atoms with E-state index in [-0.39, 0.29) is 11.3 Å². The molecule has 0 N–H and O–H groups in total. The summed E-state index contributed by atoms with van der Waals surface area (Å²) in [5.41, 5.74) is 2.35. The van der Waals surface area contributed by atoms with Gasteiger partial charge in [0.1, 0.15) is 18.0 Å². The SMILES string of the molecule is O=C1CC2(CCN(C(=O)c3ccc4c(c3)c(-c3cccc(Cl)c3)nn4CC(F)F)CC2)C1. The van der Waals surface area contributed by atoms with Crippen molar-refractivity contribution < 1.29 is 18.4 Å². The van der Waals surface area contributed by atoms with Gasteiger partial charge >= 0.3 is 0 Å². The number of hydrogen-bond donors (Lipinski definition) is 0. The molecule has 5 rings (SSSR count). The van der Waals surface area contributed by atoms with Crippen LogP contribution < -0.4 is 0 Å². The van der Waals surface area contributed by atoms with Gasteiger partial charge in [-0.1, -0.05) is 23.7 Å². The molecular weight excluding hydrogens is 436 g/mol. The van der Waals surface area contributed by atoms with Crippen LogP contribution in [0, 0.1) is 5.41 Å². The molecule has 32 heavy (non-hydrogen) atoms. The first-order valence-electron chi connectivity index (χ1n) is 10.7. The molecular formula is C24H22ClF2N3O2. The summed E-state index contributed by atoms with van der Waals surface area (Å²) in [7, 11) is 0. The molecule has 8 heteroatoms. The molecule has 1 spiro atoms. The van der Waals surface area contributed by atoms with Crippen LogP contribution in [0.5, 0.6) is 0 Å². The molecule has 1 saturated heterocycles. The standard InChI is InChI=1S/C24H22ClF2N3O2/c25-17-3-1-2-15(10-17)22-19-11-16(4-5-20(19)30(28-22)14-21(26)27)23(32)29-8-6-24(7-9-29)12-18(31)13-24/h1-5,10-11,21H,6-9,12-14H2. The Hall–Kier alpha value is -2.80. The van der Waals surface area contributed by atoms with Crippen LogP contribution in [0.2, 0.25) is 5.02 Å². The van der Waals surface area contributed by atoms with E-state index >= 15 is 0 Å². The van der Waals surface area contributed by atoms with Gasteiger partial charge in [0.15, 0.2) is 0 Å². The number of aromatic nitrogens is 2. The summed E-state index contributed by atoms with van der Waals surface area (Å²) < 4.78 is 27.5. The van der Waals surface area contributed by atoms with Gasteiger partial charge in [0.05, 0.1) is 5.52 Å². The van der Waals surface area contributed by atoms with E-state index in [2.05, 4.69) is 5.10 Å². The Morgan fingerprint density at radius 1 is 1.12 bits per heavy atom. The second kappa shape index (κ2) is 7.96. The molecule has 0 bridgehead atoms. The fourth-order valence-corrected chi connectivity index (χ4v) is 5.13. The van der Waals surface area contributed by atoms with E-state index in [9.17, 15) is 18.4 Å². The molecule has 1 aliphatic carbocycles. The molecule has 2 aliphatic rings. The largest absolute Gasteiger partial charge is 0.339 e. The van der Waals surface area contributed by atoms with Gasteiger partial charge in [-0.3, -0.25) is 14.3 Å². The molecule has 2 aromatic carbocycles. The molecule has 5 nitrogen and oxygen atoms in total. The van der Waals surface area contributed by atoms with Crippen LogP contribution in [0.3, 0.4) is 0 Å². The molecule has 0 unspecified atom stereocenters. The van der Waals surface area contributed by atoms with Crippen molar-refractivity contribution in [2.75, 3.05) is 13.1 Å². The minimum absolute atomic E-state index is 0.0912. The number of nitrogens with zero attached hydrogens (tertiary/aromatic N) is 3. The van der Waals surface area contributed by atoms with Crippen LogP contribution in [0.25, 0.3) is 22.2 Å². The maximum absolute atomic E-state index is 13.2. The smallest absolute Gasteiger partial charge is 0.257 e. The van der Waals surface area contributed by atoms with Crippen molar-refractivity contribution in [1.29, 1.82) is 0 Å².